The van der Waals surface area contributed by atoms with Crippen molar-refractivity contribution in [2.24, 2.45) is 12.8 Å². The second kappa shape index (κ2) is 3.40. The molecule has 0 bridgehead atoms. The van der Waals surface area contributed by atoms with Gasteiger partial charge in [0.2, 0.25) is 0 Å². The number of hydrogen-bond donors (Lipinski definition) is 2. The number of aryl methyl sites for hydroxylation is 1. The fraction of sp³-hybridized carbons (Fsp3) is 0.300. The molecule has 0 amide bonds. The van der Waals surface area contributed by atoms with Crippen LogP contribution in [0.1, 0.15) is 11.9 Å². The maximum atomic E-state index is 8.96. The molecule has 0 saturated carbocycles. The maximum Gasteiger partial charge on any atom is 0.128 e. The monoisotopic (exact) mass is 191 g/mol. The normalized spacial score (nSPS) is 13.4. The van der Waals surface area contributed by atoms with E-state index >= 15 is 0 Å². The number of nitrogens with two attached hydrogens (primary N) is 1. The molecule has 4 heteroatoms. The smallest absolute Gasteiger partial charge is 0.128 e. The van der Waals surface area contributed by atoms with E-state index in [0.717, 1.165) is 11.0 Å². The first-order chi connectivity index (χ1) is 6.74. The molecule has 2 aromatic rings. The van der Waals surface area contributed by atoms with E-state index in [-0.39, 0.29) is 6.61 Å². The van der Waals surface area contributed by atoms with Crippen molar-refractivity contribution in [2.75, 3.05) is 6.61 Å². The number of fused-ring (bicyclic) bond motifs is 1. The number of aromatic nitrogens is 2. The Morgan fingerprint density at radius 1 is 1.50 bits per heavy atom. The number of nitrogens with zero attached hydrogens (tertiary/aromatic N) is 2. The average molecular weight is 191 g/mol. The van der Waals surface area contributed by atoms with Gasteiger partial charge in [0.25, 0.3) is 0 Å². The van der Waals surface area contributed by atoms with E-state index in [0.29, 0.717) is 5.82 Å². The molecule has 0 aliphatic carbocycles. The molecule has 14 heavy (non-hydrogen) atoms. The molecule has 0 aliphatic rings. The number of imidazole rings is 1. The number of benzene rings is 1. The average Bonchev–Trinajstić information content (AvgIpc) is 2.56. The zero-order valence-electron chi connectivity index (χ0n) is 8.01. The van der Waals surface area contributed by atoms with Gasteiger partial charge in [-0.05, 0) is 12.1 Å². The summed E-state index contributed by atoms with van der Waals surface area (Å²) in [5.74, 6) is 0.716. The molecule has 0 saturated heterocycles. The van der Waals surface area contributed by atoms with Crippen LogP contribution in [0.3, 0.4) is 0 Å². The minimum Gasteiger partial charge on any atom is -0.394 e. The van der Waals surface area contributed by atoms with Crippen molar-refractivity contribution in [1.29, 1.82) is 0 Å². The summed E-state index contributed by atoms with van der Waals surface area (Å²) in [6.07, 6.45) is 0. The number of aliphatic hydroxyl groups excluding tert-OH is 1. The van der Waals surface area contributed by atoms with Gasteiger partial charge >= 0.3 is 0 Å². The second-order valence-electron chi connectivity index (χ2n) is 3.31. The van der Waals surface area contributed by atoms with E-state index in [1.54, 1.807) is 0 Å². The van der Waals surface area contributed by atoms with Crippen LogP contribution in [-0.2, 0) is 7.05 Å². The van der Waals surface area contributed by atoms with Gasteiger partial charge < -0.3 is 15.4 Å². The topological polar surface area (TPSA) is 64.1 Å². The molecular formula is C10H13N3O. The highest BCUT2D eigenvalue weighted by molar-refractivity contribution is 5.75. The van der Waals surface area contributed by atoms with E-state index in [2.05, 4.69) is 4.98 Å². The van der Waals surface area contributed by atoms with E-state index in [9.17, 15) is 0 Å². The lowest BCUT2D eigenvalue weighted by molar-refractivity contribution is 0.262. The first kappa shape index (κ1) is 9.18. The van der Waals surface area contributed by atoms with Crippen molar-refractivity contribution >= 4 is 11.0 Å². The highest BCUT2D eigenvalue weighted by Crippen LogP contribution is 2.17. The molecule has 2 rings (SSSR count). The third kappa shape index (κ3) is 1.29. The van der Waals surface area contributed by atoms with Crippen molar-refractivity contribution in [1.82, 2.24) is 9.55 Å². The van der Waals surface area contributed by atoms with Crippen LogP contribution in [0.15, 0.2) is 24.3 Å². The van der Waals surface area contributed by atoms with E-state index in [1.165, 1.54) is 0 Å². The molecule has 1 heterocycles. The predicted octanol–water partition coefficient (Wildman–Crippen LogP) is 0.565. The van der Waals surface area contributed by atoms with Crippen molar-refractivity contribution in [3.63, 3.8) is 0 Å². The van der Waals surface area contributed by atoms with Gasteiger partial charge in [0, 0.05) is 7.05 Å². The molecule has 4 nitrogen and oxygen atoms in total. The highest BCUT2D eigenvalue weighted by Gasteiger charge is 2.12. The van der Waals surface area contributed by atoms with Crippen LogP contribution < -0.4 is 5.73 Å². The molecule has 1 aromatic carbocycles. The van der Waals surface area contributed by atoms with E-state index in [1.807, 2.05) is 35.9 Å². The van der Waals surface area contributed by atoms with Gasteiger partial charge in [-0.15, -0.1) is 0 Å². The Hall–Kier alpha value is -1.39. The van der Waals surface area contributed by atoms with Gasteiger partial charge in [-0.25, -0.2) is 4.98 Å². The molecule has 0 spiro atoms. The largest absolute Gasteiger partial charge is 0.394 e. The van der Waals surface area contributed by atoms with Crippen LogP contribution in [0.25, 0.3) is 11.0 Å². The first-order valence-electron chi connectivity index (χ1n) is 4.52. The molecule has 0 aliphatic heterocycles. The van der Waals surface area contributed by atoms with Crippen LogP contribution in [-0.4, -0.2) is 21.3 Å². The van der Waals surface area contributed by atoms with Crippen molar-refractivity contribution in [2.45, 2.75) is 6.04 Å². The Labute approximate surface area is 82.0 Å². The van der Waals surface area contributed by atoms with E-state index in [4.69, 9.17) is 10.8 Å². The van der Waals surface area contributed by atoms with Gasteiger partial charge in [-0.2, -0.15) is 0 Å². The predicted molar refractivity (Wildman–Crippen MR) is 54.7 cm³/mol. The third-order valence-corrected chi connectivity index (χ3v) is 2.35. The quantitative estimate of drug-likeness (QED) is 0.729. The zero-order chi connectivity index (χ0) is 10.1. The standard InChI is InChI=1S/C10H13N3O/c1-13-9-5-3-2-4-8(9)12-10(13)7(11)6-14/h2-5,7,14H,6,11H2,1H3/t7-/m0/s1. The Kier molecular flexibility index (Phi) is 2.23. The van der Waals surface area contributed by atoms with Gasteiger partial charge in [0.1, 0.15) is 5.82 Å². The van der Waals surface area contributed by atoms with Crippen LogP contribution in [0.4, 0.5) is 0 Å². The van der Waals surface area contributed by atoms with Crippen molar-refractivity contribution < 1.29 is 5.11 Å². The van der Waals surface area contributed by atoms with Gasteiger partial charge in [0.15, 0.2) is 0 Å². The fourth-order valence-corrected chi connectivity index (χ4v) is 1.58. The van der Waals surface area contributed by atoms with Crippen LogP contribution >= 0.6 is 0 Å². The molecule has 0 unspecified atom stereocenters. The Bertz CT molecular complexity index is 450. The lowest BCUT2D eigenvalue weighted by atomic mass is 10.3. The molecule has 1 aromatic heterocycles. The Balaban J connectivity index is 2.62. The van der Waals surface area contributed by atoms with Gasteiger partial charge in [0.05, 0.1) is 23.7 Å². The molecule has 3 N–H and O–H groups in total. The summed E-state index contributed by atoms with van der Waals surface area (Å²) in [6, 6.07) is 7.40. The zero-order valence-corrected chi connectivity index (χ0v) is 8.01. The van der Waals surface area contributed by atoms with Gasteiger partial charge in [-0.1, -0.05) is 12.1 Å². The minimum absolute atomic E-state index is 0.0861. The number of hydrogen-bond acceptors (Lipinski definition) is 3. The van der Waals surface area contributed by atoms with Crippen LogP contribution in [0.5, 0.6) is 0 Å². The summed E-state index contributed by atoms with van der Waals surface area (Å²) in [6.45, 7) is -0.0861. The minimum atomic E-state index is -0.410. The summed E-state index contributed by atoms with van der Waals surface area (Å²) >= 11 is 0. The summed E-state index contributed by atoms with van der Waals surface area (Å²) in [7, 11) is 1.90. The Morgan fingerprint density at radius 2 is 2.21 bits per heavy atom. The third-order valence-electron chi connectivity index (χ3n) is 2.35. The van der Waals surface area contributed by atoms with Crippen LogP contribution in [0, 0.1) is 0 Å². The van der Waals surface area contributed by atoms with Gasteiger partial charge in [-0.3, -0.25) is 0 Å². The highest BCUT2D eigenvalue weighted by atomic mass is 16.3. The number of aliphatic hydroxyl groups is 1. The van der Waals surface area contributed by atoms with Crippen molar-refractivity contribution in [3.8, 4) is 0 Å². The van der Waals surface area contributed by atoms with Crippen LogP contribution in [0.2, 0.25) is 0 Å². The summed E-state index contributed by atoms with van der Waals surface area (Å²) < 4.78 is 1.91. The molecule has 0 fully saturated rings. The second-order valence-corrected chi connectivity index (χ2v) is 3.31. The number of para-hydroxylation sites is 2. The molecule has 0 radical (unpaired) electrons. The van der Waals surface area contributed by atoms with Crippen molar-refractivity contribution in [3.05, 3.63) is 30.1 Å². The SMILES string of the molecule is Cn1c([C@@H](N)CO)nc2ccccc21. The lowest BCUT2D eigenvalue weighted by Gasteiger charge is -2.07. The summed E-state index contributed by atoms with van der Waals surface area (Å²) in [4.78, 5) is 4.36. The lowest BCUT2D eigenvalue weighted by Crippen LogP contribution is -2.18. The first-order valence-corrected chi connectivity index (χ1v) is 4.52. The Morgan fingerprint density at radius 3 is 2.86 bits per heavy atom. The molecule has 1 atom stereocenters. The summed E-state index contributed by atoms with van der Waals surface area (Å²) in [5.41, 5.74) is 7.67. The van der Waals surface area contributed by atoms with E-state index < -0.39 is 6.04 Å². The summed E-state index contributed by atoms with van der Waals surface area (Å²) in [5, 5.41) is 8.96. The molecular weight excluding hydrogens is 178 g/mol. The number of rotatable bonds is 2. The fourth-order valence-electron chi connectivity index (χ4n) is 1.58. The molecule has 74 valence electrons. The maximum absolute atomic E-state index is 8.96.